The van der Waals surface area contributed by atoms with Crippen molar-refractivity contribution in [1.82, 2.24) is 29.6 Å². The van der Waals surface area contributed by atoms with Crippen molar-refractivity contribution >= 4 is 17.4 Å². The Morgan fingerprint density at radius 2 is 2.04 bits per heavy atom. The molecule has 4 rings (SSSR count). The second-order valence-electron chi connectivity index (χ2n) is 5.80. The molecule has 0 saturated heterocycles. The van der Waals surface area contributed by atoms with E-state index in [0.29, 0.717) is 22.7 Å². The second-order valence-corrected chi connectivity index (χ2v) is 5.80. The Morgan fingerprint density at radius 3 is 2.77 bits per heavy atom. The Bertz CT molecular complexity index is 1070. The van der Waals surface area contributed by atoms with Crippen molar-refractivity contribution in [2.24, 2.45) is 0 Å². The highest BCUT2D eigenvalue weighted by atomic mass is 19.1. The number of pyridine rings is 1. The number of imidazole rings is 1. The predicted octanol–water partition coefficient (Wildman–Crippen LogP) is 2.07. The third-order valence-corrected chi connectivity index (χ3v) is 3.85. The van der Waals surface area contributed by atoms with Gasteiger partial charge in [0, 0.05) is 11.8 Å². The number of tetrazole rings is 1. The van der Waals surface area contributed by atoms with Gasteiger partial charge in [0.1, 0.15) is 35.8 Å². The fraction of sp³-hybridized carbons (Fsp3) is 0.118. The van der Waals surface area contributed by atoms with E-state index in [4.69, 9.17) is 0 Å². The van der Waals surface area contributed by atoms with Crippen molar-refractivity contribution in [2.75, 3.05) is 5.32 Å². The van der Waals surface area contributed by atoms with Crippen LogP contribution in [0.3, 0.4) is 0 Å². The molecule has 0 unspecified atom stereocenters. The number of anilines is 1. The summed E-state index contributed by atoms with van der Waals surface area (Å²) in [5.41, 5.74) is 2.98. The number of aryl methyl sites for hydroxylation is 1. The van der Waals surface area contributed by atoms with Crippen LogP contribution in [0.15, 0.2) is 48.9 Å². The molecule has 0 atom stereocenters. The molecule has 0 saturated carbocycles. The summed E-state index contributed by atoms with van der Waals surface area (Å²) < 4.78 is 16.4. The van der Waals surface area contributed by atoms with Gasteiger partial charge in [-0.2, -0.15) is 0 Å². The Labute approximate surface area is 147 Å². The average Bonchev–Trinajstić information content (AvgIpc) is 3.23. The van der Waals surface area contributed by atoms with E-state index in [0.717, 1.165) is 5.56 Å². The number of halogens is 1. The minimum absolute atomic E-state index is 0.0328. The van der Waals surface area contributed by atoms with Crippen molar-refractivity contribution in [1.29, 1.82) is 0 Å². The van der Waals surface area contributed by atoms with Gasteiger partial charge in [-0.15, -0.1) is 5.10 Å². The Kier molecular flexibility index (Phi) is 3.88. The van der Waals surface area contributed by atoms with Gasteiger partial charge in [0.25, 0.3) is 0 Å². The van der Waals surface area contributed by atoms with Crippen LogP contribution in [0, 0.1) is 12.7 Å². The highest BCUT2D eigenvalue weighted by Gasteiger charge is 2.17. The summed E-state index contributed by atoms with van der Waals surface area (Å²) in [4.78, 5) is 17.0. The van der Waals surface area contributed by atoms with E-state index in [1.165, 1.54) is 23.1 Å². The normalized spacial score (nSPS) is 11.0. The van der Waals surface area contributed by atoms with Crippen molar-refractivity contribution in [3.05, 3.63) is 60.3 Å². The molecule has 0 aliphatic rings. The molecule has 9 heteroatoms. The third-order valence-electron chi connectivity index (χ3n) is 3.85. The SMILES string of the molecule is Cc1ccn2c(NC(=O)Cn3cnnn3)c(-c3ccc(F)cc3)nc2c1. The van der Waals surface area contributed by atoms with Crippen molar-refractivity contribution in [3.63, 3.8) is 0 Å². The number of amides is 1. The van der Waals surface area contributed by atoms with E-state index in [2.05, 4.69) is 25.8 Å². The number of rotatable bonds is 4. The van der Waals surface area contributed by atoms with Gasteiger partial charge < -0.3 is 5.32 Å². The molecule has 0 spiro atoms. The van der Waals surface area contributed by atoms with E-state index in [1.54, 1.807) is 16.5 Å². The summed E-state index contributed by atoms with van der Waals surface area (Å²) in [7, 11) is 0. The number of carbonyl (C=O) groups excluding carboxylic acids is 1. The van der Waals surface area contributed by atoms with Gasteiger partial charge in [-0.05, 0) is 59.3 Å². The maximum Gasteiger partial charge on any atom is 0.247 e. The number of hydrogen-bond acceptors (Lipinski definition) is 5. The largest absolute Gasteiger partial charge is 0.308 e. The van der Waals surface area contributed by atoms with Crippen LogP contribution < -0.4 is 5.32 Å². The maximum atomic E-state index is 13.3. The van der Waals surface area contributed by atoms with Crippen LogP contribution in [-0.4, -0.2) is 35.5 Å². The van der Waals surface area contributed by atoms with Crippen molar-refractivity contribution < 1.29 is 9.18 Å². The quantitative estimate of drug-likeness (QED) is 0.608. The number of fused-ring (bicyclic) bond motifs is 1. The number of nitrogens with zero attached hydrogens (tertiary/aromatic N) is 6. The zero-order valence-corrected chi connectivity index (χ0v) is 13.8. The van der Waals surface area contributed by atoms with Crippen molar-refractivity contribution in [2.45, 2.75) is 13.5 Å². The average molecular weight is 351 g/mol. The number of hydrogen-bond donors (Lipinski definition) is 1. The molecule has 3 heterocycles. The molecule has 0 bridgehead atoms. The molecular formula is C17H14FN7O. The topological polar surface area (TPSA) is 90.0 Å². The fourth-order valence-electron chi connectivity index (χ4n) is 2.65. The molecule has 3 aromatic heterocycles. The molecule has 1 aromatic carbocycles. The minimum Gasteiger partial charge on any atom is -0.308 e. The molecule has 130 valence electrons. The fourth-order valence-corrected chi connectivity index (χ4v) is 2.65. The number of carbonyl (C=O) groups is 1. The molecule has 0 fully saturated rings. The van der Waals surface area contributed by atoms with Gasteiger partial charge in [-0.3, -0.25) is 9.20 Å². The smallest absolute Gasteiger partial charge is 0.247 e. The predicted molar refractivity (Wildman–Crippen MR) is 91.8 cm³/mol. The number of nitrogens with one attached hydrogen (secondary N) is 1. The van der Waals surface area contributed by atoms with E-state index >= 15 is 0 Å². The zero-order chi connectivity index (χ0) is 18.1. The van der Waals surface area contributed by atoms with Crippen LogP contribution in [-0.2, 0) is 11.3 Å². The summed E-state index contributed by atoms with van der Waals surface area (Å²) in [5, 5.41) is 13.5. The zero-order valence-electron chi connectivity index (χ0n) is 13.8. The lowest BCUT2D eigenvalue weighted by Gasteiger charge is -2.08. The van der Waals surface area contributed by atoms with Crippen LogP contribution in [0.2, 0.25) is 0 Å². The van der Waals surface area contributed by atoms with E-state index in [-0.39, 0.29) is 18.3 Å². The lowest BCUT2D eigenvalue weighted by Crippen LogP contribution is -2.20. The lowest BCUT2D eigenvalue weighted by atomic mass is 10.1. The summed E-state index contributed by atoms with van der Waals surface area (Å²) in [5.74, 6) is -0.134. The number of aromatic nitrogens is 6. The molecule has 8 nitrogen and oxygen atoms in total. The third kappa shape index (κ3) is 3.02. The number of benzene rings is 1. The second kappa shape index (κ2) is 6.36. The Balaban J connectivity index is 1.76. The van der Waals surface area contributed by atoms with Gasteiger partial charge in [-0.1, -0.05) is 0 Å². The maximum absolute atomic E-state index is 13.3. The highest BCUT2D eigenvalue weighted by molar-refractivity contribution is 5.94. The lowest BCUT2D eigenvalue weighted by molar-refractivity contribution is -0.117. The van der Waals surface area contributed by atoms with Crippen LogP contribution >= 0.6 is 0 Å². The highest BCUT2D eigenvalue weighted by Crippen LogP contribution is 2.29. The van der Waals surface area contributed by atoms with Crippen molar-refractivity contribution in [3.8, 4) is 11.3 Å². The molecular weight excluding hydrogens is 337 g/mol. The van der Waals surface area contributed by atoms with Gasteiger partial charge in [0.15, 0.2) is 0 Å². The summed E-state index contributed by atoms with van der Waals surface area (Å²) in [6, 6.07) is 9.79. The van der Waals surface area contributed by atoms with E-state index in [9.17, 15) is 9.18 Å². The van der Waals surface area contributed by atoms with E-state index < -0.39 is 0 Å². The first-order valence-electron chi connectivity index (χ1n) is 7.85. The molecule has 0 radical (unpaired) electrons. The Hall–Kier alpha value is -3.62. The van der Waals surface area contributed by atoms with Crippen LogP contribution in [0.25, 0.3) is 16.9 Å². The van der Waals surface area contributed by atoms with Gasteiger partial charge in [-0.25, -0.2) is 14.1 Å². The Morgan fingerprint density at radius 1 is 1.23 bits per heavy atom. The summed E-state index contributed by atoms with van der Waals surface area (Å²) >= 11 is 0. The first-order valence-corrected chi connectivity index (χ1v) is 7.85. The van der Waals surface area contributed by atoms with Gasteiger partial charge >= 0.3 is 0 Å². The molecule has 0 aliphatic heterocycles. The monoisotopic (exact) mass is 351 g/mol. The van der Waals surface area contributed by atoms with Crippen LogP contribution in [0.5, 0.6) is 0 Å². The van der Waals surface area contributed by atoms with E-state index in [1.807, 2.05) is 25.3 Å². The van der Waals surface area contributed by atoms with Gasteiger partial charge in [0.05, 0.1) is 0 Å². The van der Waals surface area contributed by atoms with Crippen LogP contribution in [0.1, 0.15) is 5.56 Å². The summed E-state index contributed by atoms with van der Waals surface area (Å²) in [6.45, 7) is 1.93. The first kappa shape index (κ1) is 15.9. The molecule has 4 aromatic rings. The minimum atomic E-state index is -0.336. The summed E-state index contributed by atoms with van der Waals surface area (Å²) in [6.07, 6.45) is 3.19. The molecule has 1 N–H and O–H groups in total. The molecule has 26 heavy (non-hydrogen) atoms. The molecule has 0 aliphatic carbocycles. The first-order chi connectivity index (χ1) is 12.6. The standard InChI is InChI=1S/C17H14FN7O/c1-11-6-7-25-14(8-11)20-16(12-2-4-13(18)5-3-12)17(25)21-15(26)9-24-10-19-22-23-24/h2-8,10H,9H2,1H3,(H,21,26). The molecule has 1 amide bonds. The van der Waals surface area contributed by atoms with Crippen LogP contribution in [0.4, 0.5) is 10.2 Å². The van der Waals surface area contributed by atoms with Gasteiger partial charge in [0.2, 0.25) is 5.91 Å².